The van der Waals surface area contributed by atoms with Gasteiger partial charge in [-0.05, 0) is 30.5 Å². The normalized spacial score (nSPS) is 18.2. The molecule has 1 atom stereocenters. The fraction of sp³-hybridized carbons (Fsp3) is 0.562. The van der Waals surface area contributed by atoms with E-state index >= 15 is 0 Å². The van der Waals surface area contributed by atoms with E-state index in [1.165, 1.54) is 0 Å². The monoisotopic (exact) mass is 345 g/mol. The van der Waals surface area contributed by atoms with Crippen LogP contribution in [0.15, 0.2) is 18.2 Å². The molecule has 22 heavy (non-hydrogen) atoms. The van der Waals surface area contributed by atoms with Gasteiger partial charge < -0.3 is 14.8 Å². The molecule has 0 spiro atoms. The van der Waals surface area contributed by atoms with Gasteiger partial charge in [-0.15, -0.1) is 0 Å². The van der Waals surface area contributed by atoms with Crippen LogP contribution < -0.4 is 5.32 Å². The zero-order chi connectivity index (χ0) is 16.2. The summed E-state index contributed by atoms with van der Waals surface area (Å²) in [6.45, 7) is 5.80. The van der Waals surface area contributed by atoms with Crippen molar-refractivity contribution < 1.29 is 14.3 Å². The predicted molar refractivity (Wildman–Crippen MR) is 87.3 cm³/mol. The first-order chi connectivity index (χ1) is 10.4. The third kappa shape index (κ3) is 4.85. The van der Waals surface area contributed by atoms with Crippen LogP contribution in [0.2, 0.25) is 10.0 Å². The number of nitrogens with one attached hydrogen (secondary N) is 1. The van der Waals surface area contributed by atoms with Crippen LogP contribution in [0.4, 0.5) is 0 Å². The van der Waals surface area contributed by atoms with Gasteiger partial charge in [-0.2, -0.15) is 0 Å². The summed E-state index contributed by atoms with van der Waals surface area (Å²) in [4.78, 5) is 12.0. The fourth-order valence-corrected chi connectivity index (χ4v) is 3.12. The van der Waals surface area contributed by atoms with Crippen molar-refractivity contribution in [3.63, 3.8) is 0 Å². The van der Waals surface area contributed by atoms with Crippen molar-refractivity contribution in [3.05, 3.63) is 33.8 Å². The summed E-state index contributed by atoms with van der Waals surface area (Å²) in [6, 6.07) is 5.22. The van der Waals surface area contributed by atoms with E-state index in [9.17, 15) is 4.79 Å². The van der Waals surface area contributed by atoms with Gasteiger partial charge in [0, 0.05) is 23.0 Å². The number of ether oxygens (including phenoxy) is 2. The highest BCUT2D eigenvalue weighted by Gasteiger charge is 2.32. The maximum Gasteiger partial charge on any atom is 0.224 e. The summed E-state index contributed by atoms with van der Waals surface area (Å²) in [6.07, 6.45) is 0.912. The van der Waals surface area contributed by atoms with E-state index in [1.54, 1.807) is 18.2 Å². The molecule has 4 nitrogen and oxygen atoms in total. The lowest BCUT2D eigenvalue weighted by Crippen LogP contribution is -2.35. The van der Waals surface area contributed by atoms with E-state index in [2.05, 4.69) is 12.2 Å². The van der Waals surface area contributed by atoms with E-state index < -0.39 is 5.79 Å². The predicted octanol–water partition coefficient (Wildman–Crippen LogP) is 3.44. The van der Waals surface area contributed by atoms with Crippen molar-refractivity contribution in [1.82, 2.24) is 5.32 Å². The Bertz CT molecular complexity index is 510. The highest BCUT2D eigenvalue weighted by Crippen LogP contribution is 2.27. The minimum absolute atomic E-state index is 0.0970. The first kappa shape index (κ1) is 17.5. The van der Waals surface area contributed by atoms with Gasteiger partial charge in [-0.3, -0.25) is 4.79 Å². The fourth-order valence-electron chi connectivity index (χ4n) is 2.59. The molecule has 1 aromatic rings. The van der Waals surface area contributed by atoms with Crippen molar-refractivity contribution in [1.29, 1.82) is 0 Å². The zero-order valence-electron chi connectivity index (χ0n) is 12.8. The second-order valence-corrected chi connectivity index (χ2v) is 6.64. The van der Waals surface area contributed by atoms with Gasteiger partial charge in [0.2, 0.25) is 5.91 Å². The minimum Gasteiger partial charge on any atom is -0.356 e. The summed E-state index contributed by atoms with van der Waals surface area (Å²) in [5.74, 6) is -0.384. The van der Waals surface area contributed by atoms with Crippen LogP contribution in [0.25, 0.3) is 0 Å². The first-order valence-electron chi connectivity index (χ1n) is 7.37. The standard InChI is InChI=1S/C16H21Cl2NO3/c1-11(9-16(2)21-6-7-22-16)10-19-15(20)8-12-13(17)4-3-5-14(12)18/h3-5,11H,6-10H2,1-2H3,(H,19,20). The molecule has 1 fully saturated rings. The molecular weight excluding hydrogens is 325 g/mol. The number of hydrogen-bond donors (Lipinski definition) is 1. The maximum absolute atomic E-state index is 12.0. The molecule has 0 aliphatic carbocycles. The van der Waals surface area contributed by atoms with Crippen LogP contribution in [-0.2, 0) is 20.7 Å². The van der Waals surface area contributed by atoms with Crippen LogP contribution in [0, 0.1) is 5.92 Å². The Morgan fingerprint density at radius 3 is 2.50 bits per heavy atom. The summed E-state index contributed by atoms with van der Waals surface area (Å²) >= 11 is 12.1. The molecule has 1 aliphatic heterocycles. The second-order valence-electron chi connectivity index (χ2n) is 5.82. The number of amides is 1. The Morgan fingerprint density at radius 2 is 1.91 bits per heavy atom. The molecule has 0 bridgehead atoms. The van der Waals surface area contributed by atoms with Gasteiger partial charge in [0.05, 0.1) is 19.6 Å². The third-order valence-corrected chi connectivity index (χ3v) is 4.37. The van der Waals surface area contributed by atoms with Gasteiger partial charge in [0.1, 0.15) is 0 Å². The molecule has 1 unspecified atom stereocenters. The molecule has 1 saturated heterocycles. The van der Waals surface area contributed by atoms with Crippen LogP contribution in [0.1, 0.15) is 25.8 Å². The van der Waals surface area contributed by atoms with Crippen LogP contribution in [0.5, 0.6) is 0 Å². The molecule has 6 heteroatoms. The zero-order valence-corrected chi connectivity index (χ0v) is 14.3. The van der Waals surface area contributed by atoms with Crippen LogP contribution in [0.3, 0.4) is 0 Å². The van der Waals surface area contributed by atoms with E-state index in [0.717, 1.165) is 6.42 Å². The van der Waals surface area contributed by atoms with Gasteiger partial charge in [0.15, 0.2) is 5.79 Å². The second kappa shape index (κ2) is 7.64. The Labute approximate surface area is 141 Å². The quantitative estimate of drug-likeness (QED) is 0.858. The highest BCUT2D eigenvalue weighted by molar-refractivity contribution is 6.36. The van der Waals surface area contributed by atoms with Crippen molar-refractivity contribution >= 4 is 29.1 Å². The van der Waals surface area contributed by atoms with E-state index in [0.29, 0.717) is 35.4 Å². The molecule has 0 radical (unpaired) electrons. The molecule has 1 aliphatic rings. The molecular formula is C16H21Cl2NO3. The molecule has 122 valence electrons. The topological polar surface area (TPSA) is 47.6 Å². The molecule has 1 N–H and O–H groups in total. The number of carbonyl (C=O) groups is 1. The molecule has 1 heterocycles. The van der Waals surface area contributed by atoms with E-state index in [4.69, 9.17) is 32.7 Å². The van der Waals surface area contributed by atoms with Crippen LogP contribution >= 0.6 is 23.2 Å². The van der Waals surface area contributed by atoms with Gasteiger partial charge in [0.25, 0.3) is 0 Å². The molecule has 0 saturated carbocycles. The summed E-state index contributed by atoms with van der Waals surface area (Å²) < 4.78 is 11.2. The van der Waals surface area contributed by atoms with E-state index in [1.807, 2.05) is 6.92 Å². The summed E-state index contributed by atoms with van der Waals surface area (Å²) in [5.41, 5.74) is 0.658. The average Bonchev–Trinajstić information content (AvgIpc) is 2.87. The number of rotatable bonds is 6. The lowest BCUT2D eigenvalue weighted by atomic mass is 10.0. The minimum atomic E-state index is -0.532. The Kier molecular flexibility index (Phi) is 6.09. The maximum atomic E-state index is 12.0. The largest absolute Gasteiger partial charge is 0.356 e. The number of carbonyl (C=O) groups excluding carboxylic acids is 1. The average molecular weight is 346 g/mol. The van der Waals surface area contributed by atoms with Crippen molar-refractivity contribution in [2.45, 2.75) is 32.5 Å². The number of hydrogen-bond acceptors (Lipinski definition) is 3. The molecule has 2 rings (SSSR count). The number of halogens is 2. The Balaban J connectivity index is 1.80. The number of benzene rings is 1. The van der Waals surface area contributed by atoms with Gasteiger partial charge in [-0.1, -0.05) is 36.2 Å². The highest BCUT2D eigenvalue weighted by atomic mass is 35.5. The Morgan fingerprint density at radius 1 is 1.32 bits per heavy atom. The van der Waals surface area contributed by atoms with E-state index in [-0.39, 0.29) is 18.2 Å². The van der Waals surface area contributed by atoms with Gasteiger partial charge >= 0.3 is 0 Å². The summed E-state index contributed by atoms with van der Waals surface area (Å²) in [5, 5.41) is 3.93. The Hall–Kier alpha value is -0.810. The van der Waals surface area contributed by atoms with Crippen molar-refractivity contribution in [3.8, 4) is 0 Å². The first-order valence-corrected chi connectivity index (χ1v) is 8.13. The lowest BCUT2D eigenvalue weighted by Gasteiger charge is -2.26. The van der Waals surface area contributed by atoms with Crippen molar-refractivity contribution in [2.24, 2.45) is 5.92 Å². The molecule has 1 aromatic carbocycles. The van der Waals surface area contributed by atoms with Crippen LogP contribution in [-0.4, -0.2) is 31.5 Å². The molecule has 0 aromatic heterocycles. The van der Waals surface area contributed by atoms with Crippen molar-refractivity contribution in [2.75, 3.05) is 19.8 Å². The smallest absolute Gasteiger partial charge is 0.224 e. The SMILES string of the molecule is CC(CNC(=O)Cc1c(Cl)cccc1Cl)CC1(C)OCCO1. The van der Waals surface area contributed by atoms with Gasteiger partial charge in [-0.25, -0.2) is 0 Å². The summed E-state index contributed by atoms with van der Waals surface area (Å²) in [7, 11) is 0. The molecule has 1 amide bonds. The lowest BCUT2D eigenvalue weighted by molar-refractivity contribution is -0.154. The third-order valence-electron chi connectivity index (χ3n) is 3.66.